The molecule has 3 aromatic rings. The van der Waals surface area contributed by atoms with Crippen molar-refractivity contribution in [2.24, 2.45) is 0 Å². The minimum Gasteiger partial charge on any atom is -0.489 e. The van der Waals surface area contributed by atoms with E-state index in [0.717, 1.165) is 5.56 Å². The third-order valence-electron chi connectivity index (χ3n) is 6.22. The zero-order valence-electron chi connectivity index (χ0n) is 21.3. The van der Waals surface area contributed by atoms with Crippen LogP contribution in [0.1, 0.15) is 24.1 Å². The van der Waals surface area contributed by atoms with Crippen LogP contribution >= 0.6 is 11.6 Å². The summed E-state index contributed by atoms with van der Waals surface area (Å²) in [6.07, 6.45) is 9.52. The predicted octanol–water partition coefficient (Wildman–Crippen LogP) is 3.06. The van der Waals surface area contributed by atoms with Gasteiger partial charge in [-0.2, -0.15) is 0 Å². The molecule has 0 spiro atoms. The third kappa shape index (κ3) is 8.93. The monoisotopic (exact) mass is 547 g/mol. The lowest BCUT2D eigenvalue weighted by atomic mass is 10.1. The number of rotatable bonds is 10. The number of carbonyl (C=O) groups is 3. The van der Waals surface area contributed by atoms with E-state index in [4.69, 9.17) is 16.3 Å². The SMILES string of the molecule is O=C(/C=C/c1ccc(Cl)cc1)N[C@@H](Cc1ccccn1)C(=O)NCC(=O)N1CCC(Oc2cccnc2)CC1. The van der Waals surface area contributed by atoms with Gasteiger partial charge in [-0.15, -0.1) is 0 Å². The van der Waals surface area contributed by atoms with Crippen LogP contribution in [0.25, 0.3) is 6.08 Å². The first-order valence-electron chi connectivity index (χ1n) is 12.7. The number of hydrogen-bond acceptors (Lipinski definition) is 6. The third-order valence-corrected chi connectivity index (χ3v) is 6.47. The van der Waals surface area contributed by atoms with E-state index in [1.807, 2.05) is 18.2 Å². The minimum atomic E-state index is -0.909. The summed E-state index contributed by atoms with van der Waals surface area (Å²) in [7, 11) is 0. The molecule has 0 saturated carbocycles. The second-order valence-electron chi connectivity index (χ2n) is 9.08. The Morgan fingerprint density at radius 2 is 1.85 bits per heavy atom. The number of ether oxygens (including phenoxy) is 1. The summed E-state index contributed by atoms with van der Waals surface area (Å²) in [4.78, 5) is 48.5. The first-order chi connectivity index (χ1) is 19.0. The van der Waals surface area contributed by atoms with Gasteiger partial charge in [0.2, 0.25) is 17.7 Å². The maximum Gasteiger partial charge on any atom is 0.244 e. The van der Waals surface area contributed by atoms with Crippen LogP contribution in [0.3, 0.4) is 0 Å². The molecule has 202 valence electrons. The molecule has 1 aliphatic heterocycles. The normalized spacial score (nSPS) is 14.5. The Kier molecular flexibility index (Phi) is 10.0. The van der Waals surface area contributed by atoms with Crippen LogP contribution in [-0.4, -0.2) is 64.4 Å². The molecular weight excluding hydrogens is 518 g/mol. The van der Waals surface area contributed by atoms with Gasteiger partial charge in [0.05, 0.1) is 12.7 Å². The molecule has 9 nitrogen and oxygen atoms in total. The van der Waals surface area contributed by atoms with Crippen LogP contribution in [0, 0.1) is 0 Å². The first-order valence-corrected chi connectivity index (χ1v) is 13.1. The van der Waals surface area contributed by atoms with E-state index >= 15 is 0 Å². The van der Waals surface area contributed by atoms with Crippen molar-refractivity contribution in [2.75, 3.05) is 19.6 Å². The summed E-state index contributed by atoms with van der Waals surface area (Å²) in [5, 5.41) is 6.01. The Bertz CT molecular complexity index is 1260. The molecule has 1 atom stereocenters. The number of carbonyl (C=O) groups excluding carboxylic acids is 3. The predicted molar refractivity (Wildman–Crippen MR) is 148 cm³/mol. The van der Waals surface area contributed by atoms with Crippen LogP contribution in [0.2, 0.25) is 5.02 Å². The number of amides is 3. The fourth-order valence-electron chi connectivity index (χ4n) is 4.13. The lowest BCUT2D eigenvalue weighted by molar-refractivity contribution is -0.135. The molecule has 1 fully saturated rings. The summed E-state index contributed by atoms with van der Waals surface area (Å²) < 4.78 is 5.93. The molecule has 0 radical (unpaired) electrons. The highest BCUT2D eigenvalue weighted by molar-refractivity contribution is 6.30. The van der Waals surface area contributed by atoms with E-state index < -0.39 is 17.9 Å². The molecule has 10 heteroatoms. The van der Waals surface area contributed by atoms with Gasteiger partial charge >= 0.3 is 0 Å². The molecule has 1 saturated heterocycles. The van der Waals surface area contributed by atoms with Gasteiger partial charge in [-0.3, -0.25) is 24.4 Å². The molecular formula is C29H30ClN5O4. The molecule has 0 aliphatic carbocycles. The lowest BCUT2D eigenvalue weighted by Gasteiger charge is -2.32. The maximum absolute atomic E-state index is 13.0. The Hall–Kier alpha value is -4.24. The van der Waals surface area contributed by atoms with Gasteiger partial charge in [-0.1, -0.05) is 29.8 Å². The molecule has 3 heterocycles. The van der Waals surface area contributed by atoms with Gasteiger partial charge in [0.25, 0.3) is 0 Å². The van der Waals surface area contributed by atoms with Crippen molar-refractivity contribution in [2.45, 2.75) is 31.4 Å². The van der Waals surface area contributed by atoms with E-state index in [-0.39, 0.29) is 25.0 Å². The largest absolute Gasteiger partial charge is 0.489 e. The number of hydrogen-bond donors (Lipinski definition) is 2. The quantitative estimate of drug-likeness (QED) is 0.377. The van der Waals surface area contributed by atoms with E-state index in [1.54, 1.807) is 66.0 Å². The van der Waals surface area contributed by atoms with Gasteiger partial charge in [0, 0.05) is 61.5 Å². The average molecular weight is 548 g/mol. The summed E-state index contributed by atoms with van der Waals surface area (Å²) in [5.74, 6) is -0.382. The van der Waals surface area contributed by atoms with Gasteiger partial charge in [-0.25, -0.2) is 0 Å². The number of likely N-dealkylation sites (tertiary alicyclic amines) is 1. The van der Waals surface area contributed by atoms with Gasteiger partial charge in [0.1, 0.15) is 17.9 Å². The Morgan fingerprint density at radius 3 is 2.54 bits per heavy atom. The highest BCUT2D eigenvalue weighted by Gasteiger charge is 2.26. The van der Waals surface area contributed by atoms with Crippen molar-refractivity contribution in [1.29, 1.82) is 0 Å². The Morgan fingerprint density at radius 1 is 1.05 bits per heavy atom. The zero-order chi connectivity index (χ0) is 27.5. The molecule has 2 N–H and O–H groups in total. The average Bonchev–Trinajstić information content (AvgIpc) is 2.96. The van der Waals surface area contributed by atoms with Gasteiger partial charge < -0.3 is 20.3 Å². The molecule has 4 rings (SSSR count). The van der Waals surface area contributed by atoms with E-state index in [2.05, 4.69) is 20.6 Å². The molecule has 1 aromatic carbocycles. The first kappa shape index (κ1) is 27.8. The summed E-state index contributed by atoms with van der Waals surface area (Å²) >= 11 is 5.90. The van der Waals surface area contributed by atoms with Crippen molar-refractivity contribution in [3.63, 3.8) is 0 Å². The second-order valence-corrected chi connectivity index (χ2v) is 9.51. The standard InChI is InChI=1S/C29H30ClN5O4/c30-22-9-6-21(7-10-22)8-11-27(36)34-26(18-23-4-1-2-15-32-23)29(38)33-20-28(37)35-16-12-24(13-17-35)39-25-5-3-14-31-19-25/h1-11,14-15,19,24,26H,12-13,16-18,20H2,(H,33,38)(H,34,36)/b11-8+/t26-/m0/s1. The van der Waals surface area contributed by atoms with Crippen LogP contribution in [0.4, 0.5) is 0 Å². The van der Waals surface area contributed by atoms with E-state index in [0.29, 0.717) is 42.4 Å². The number of halogens is 1. The van der Waals surface area contributed by atoms with E-state index in [9.17, 15) is 14.4 Å². The fourth-order valence-corrected chi connectivity index (χ4v) is 4.26. The molecule has 2 aromatic heterocycles. The fraction of sp³-hybridized carbons (Fsp3) is 0.276. The van der Waals surface area contributed by atoms with E-state index in [1.165, 1.54) is 6.08 Å². The maximum atomic E-state index is 13.0. The topological polar surface area (TPSA) is 114 Å². The molecule has 0 bridgehead atoms. The number of piperidine rings is 1. The molecule has 3 amide bonds. The summed E-state index contributed by atoms with van der Waals surface area (Å²) in [6.45, 7) is 0.897. The van der Waals surface area contributed by atoms with Crippen molar-refractivity contribution in [3.05, 3.63) is 95.5 Å². The summed E-state index contributed by atoms with van der Waals surface area (Å²) in [6, 6.07) is 15.1. The van der Waals surface area contributed by atoms with Gasteiger partial charge in [0.15, 0.2) is 0 Å². The lowest BCUT2D eigenvalue weighted by Crippen LogP contribution is -2.51. The number of pyridine rings is 2. The van der Waals surface area contributed by atoms with Crippen LogP contribution < -0.4 is 15.4 Å². The van der Waals surface area contributed by atoms with Crippen molar-refractivity contribution in [3.8, 4) is 5.75 Å². The second kappa shape index (κ2) is 14.1. The molecule has 0 unspecified atom stereocenters. The number of nitrogens with one attached hydrogen (secondary N) is 2. The Labute approximate surface area is 232 Å². The number of aromatic nitrogens is 2. The zero-order valence-corrected chi connectivity index (χ0v) is 22.1. The van der Waals surface area contributed by atoms with Crippen LogP contribution in [0.15, 0.2) is 79.3 Å². The van der Waals surface area contributed by atoms with Crippen molar-refractivity contribution < 1.29 is 19.1 Å². The van der Waals surface area contributed by atoms with Crippen molar-refractivity contribution in [1.82, 2.24) is 25.5 Å². The smallest absolute Gasteiger partial charge is 0.244 e. The highest BCUT2D eigenvalue weighted by atomic mass is 35.5. The van der Waals surface area contributed by atoms with Crippen LogP contribution in [-0.2, 0) is 20.8 Å². The number of nitrogens with zero attached hydrogens (tertiary/aromatic N) is 3. The molecule has 39 heavy (non-hydrogen) atoms. The van der Waals surface area contributed by atoms with Crippen LogP contribution in [0.5, 0.6) is 5.75 Å². The van der Waals surface area contributed by atoms with Crippen molar-refractivity contribution >= 4 is 35.4 Å². The summed E-state index contributed by atoms with van der Waals surface area (Å²) in [5.41, 5.74) is 1.43. The van der Waals surface area contributed by atoms with Gasteiger partial charge in [-0.05, 0) is 48.0 Å². The highest BCUT2D eigenvalue weighted by Crippen LogP contribution is 2.18. The molecule has 1 aliphatic rings. The minimum absolute atomic E-state index is 0.00623. The Balaban J connectivity index is 1.29. The number of benzene rings is 1.